The maximum atomic E-state index is 11.9. The van der Waals surface area contributed by atoms with E-state index >= 15 is 0 Å². The van der Waals surface area contributed by atoms with Gasteiger partial charge in [-0.2, -0.15) is 17.4 Å². The third-order valence-electron chi connectivity index (χ3n) is 3.08. The molecular formula is C11H24N2O3S. The van der Waals surface area contributed by atoms with Crippen LogP contribution in [0, 0.1) is 5.92 Å². The van der Waals surface area contributed by atoms with Crippen molar-refractivity contribution in [2.45, 2.75) is 45.6 Å². The van der Waals surface area contributed by atoms with Crippen LogP contribution < -0.4 is 4.72 Å². The molecule has 1 heterocycles. The van der Waals surface area contributed by atoms with Crippen molar-refractivity contribution < 1.29 is 13.5 Å². The standard InChI is InChI=1S/C11H24N2O3S/c1-3-5-11(14)8-12-17(15,16)13-7-4-6-10(2)9-13/h10-12,14H,3-9H2,1-2H3. The van der Waals surface area contributed by atoms with E-state index in [1.165, 1.54) is 4.31 Å². The summed E-state index contributed by atoms with van der Waals surface area (Å²) in [6.07, 6.45) is 2.89. The topological polar surface area (TPSA) is 69.6 Å². The number of nitrogens with one attached hydrogen (secondary N) is 1. The lowest BCUT2D eigenvalue weighted by atomic mass is 10.0. The third kappa shape index (κ3) is 4.91. The van der Waals surface area contributed by atoms with Crippen LogP contribution >= 0.6 is 0 Å². The van der Waals surface area contributed by atoms with Gasteiger partial charge in [0.1, 0.15) is 0 Å². The number of hydrogen-bond acceptors (Lipinski definition) is 3. The Bertz CT molecular complexity index is 319. The first-order chi connectivity index (χ1) is 7.95. The number of rotatable bonds is 6. The number of aliphatic hydroxyl groups is 1. The average molecular weight is 264 g/mol. The van der Waals surface area contributed by atoms with E-state index in [1.54, 1.807) is 0 Å². The van der Waals surface area contributed by atoms with Crippen molar-refractivity contribution in [3.8, 4) is 0 Å². The van der Waals surface area contributed by atoms with Gasteiger partial charge in [0.15, 0.2) is 0 Å². The molecule has 5 nitrogen and oxygen atoms in total. The minimum absolute atomic E-state index is 0.112. The van der Waals surface area contributed by atoms with Crippen molar-refractivity contribution in [2.24, 2.45) is 5.92 Å². The fourth-order valence-electron chi connectivity index (χ4n) is 2.09. The van der Waals surface area contributed by atoms with E-state index in [0.717, 1.165) is 19.3 Å². The van der Waals surface area contributed by atoms with Crippen LogP contribution in [0.25, 0.3) is 0 Å². The lowest BCUT2D eigenvalue weighted by Crippen LogP contribution is -2.47. The monoisotopic (exact) mass is 264 g/mol. The second kappa shape index (κ2) is 6.68. The van der Waals surface area contributed by atoms with Crippen LogP contribution in [0.3, 0.4) is 0 Å². The predicted octanol–water partition coefficient (Wildman–Crippen LogP) is 0.714. The SMILES string of the molecule is CCCC(O)CNS(=O)(=O)N1CCCC(C)C1. The normalized spacial score (nSPS) is 24.8. The van der Waals surface area contributed by atoms with E-state index in [4.69, 9.17) is 0 Å². The number of aliphatic hydroxyl groups excluding tert-OH is 1. The molecule has 2 unspecified atom stereocenters. The highest BCUT2D eigenvalue weighted by Gasteiger charge is 2.26. The summed E-state index contributed by atoms with van der Waals surface area (Å²) in [4.78, 5) is 0. The lowest BCUT2D eigenvalue weighted by Gasteiger charge is -2.30. The highest BCUT2D eigenvalue weighted by Crippen LogP contribution is 2.17. The Morgan fingerprint density at radius 2 is 2.24 bits per heavy atom. The Kier molecular flexibility index (Phi) is 5.85. The van der Waals surface area contributed by atoms with Crippen LogP contribution in [0.4, 0.5) is 0 Å². The van der Waals surface area contributed by atoms with E-state index in [1.807, 2.05) is 6.92 Å². The van der Waals surface area contributed by atoms with E-state index in [9.17, 15) is 13.5 Å². The zero-order chi connectivity index (χ0) is 12.9. The highest BCUT2D eigenvalue weighted by atomic mass is 32.2. The number of hydrogen-bond donors (Lipinski definition) is 2. The lowest BCUT2D eigenvalue weighted by molar-refractivity contribution is 0.166. The molecule has 2 atom stereocenters. The molecule has 17 heavy (non-hydrogen) atoms. The van der Waals surface area contributed by atoms with E-state index in [0.29, 0.717) is 25.4 Å². The summed E-state index contributed by atoms with van der Waals surface area (Å²) in [5.41, 5.74) is 0. The first kappa shape index (κ1) is 14.9. The summed E-state index contributed by atoms with van der Waals surface area (Å²) in [6.45, 7) is 5.31. The van der Waals surface area contributed by atoms with Gasteiger partial charge in [0, 0.05) is 19.6 Å². The second-order valence-electron chi connectivity index (χ2n) is 4.90. The minimum Gasteiger partial charge on any atom is -0.392 e. The van der Waals surface area contributed by atoms with Crippen molar-refractivity contribution in [2.75, 3.05) is 19.6 Å². The van der Waals surface area contributed by atoms with Crippen LogP contribution in [0.2, 0.25) is 0 Å². The molecule has 6 heteroatoms. The smallest absolute Gasteiger partial charge is 0.279 e. The Morgan fingerprint density at radius 3 is 2.82 bits per heavy atom. The zero-order valence-corrected chi connectivity index (χ0v) is 11.5. The first-order valence-corrected chi connectivity index (χ1v) is 7.82. The van der Waals surface area contributed by atoms with Gasteiger partial charge in [-0.05, 0) is 25.2 Å². The molecule has 0 amide bonds. The maximum absolute atomic E-state index is 11.9. The Balaban J connectivity index is 2.44. The van der Waals surface area contributed by atoms with Crippen molar-refractivity contribution >= 4 is 10.2 Å². The quantitative estimate of drug-likeness (QED) is 0.742. The summed E-state index contributed by atoms with van der Waals surface area (Å²) in [5.74, 6) is 0.417. The van der Waals surface area contributed by atoms with Crippen LogP contribution in [-0.2, 0) is 10.2 Å². The van der Waals surface area contributed by atoms with Gasteiger partial charge in [-0.3, -0.25) is 0 Å². The molecule has 0 aromatic carbocycles. The first-order valence-electron chi connectivity index (χ1n) is 6.38. The van der Waals surface area contributed by atoms with Gasteiger partial charge in [0.05, 0.1) is 6.10 Å². The van der Waals surface area contributed by atoms with Crippen molar-refractivity contribution in [1.82, 2.24) is 9.03 Å². The molecule has 0 spiro atoms. The zero-order valence-electron chi connectivity index (χ0n) is 10.7. The summed E-state index contributed by atoms with van der Waals surface area (Å²) in [7, 11) is -3.41. The molecule has 0 aliphatic carbocycles. The fraction of sp³-hybridized carbons (Fsp3) is 1.00. The Hall–Kier alpha value is -0.170. The van der Waals surface area contributed by atoms with Gasteiger partial charge in [-0.25, -0.2) is 0 Å². The summed E-state index contributed by atoms with van der Waals surface area (Å²) >= 11 is 0. The van der Waals surface area contributed by atoms with Crippen molar-refractivity contribution in [3.05, 3.63) is 0 Å². The molecular weight excluding hydrogens is 240 g/mol. The van der Waals surface area contributed by atoms with Crippen molar-refractivity contribution in [3.63, 3.8) is 0 Å². The van der Waals surface area contributed by atoms with Gasteiger partial charge >= 0.3 is 0 Å². The second-order valence-corrected chi connectivity index (χ2v) is 6.66. The molecule has 102 valence electrons. The molecule has 1 aliphatic heterocycles. The fourth-order valence-corrected chi connectivity index (χ4v) is 3.50. The molecule has 1 fully saturated rings. The van der Waals surface area contributed by atoms with Crippen LogP contribution in [-0.4, -0.2) is 43.6 Å². The average Bonchev–Trinajstić information content (AvgIpc) is 2.27. The molecule has 1 aliphatic rings. The largest absolute Gasteiger partial charge is 0.392 e. The maximum Gasteiger partial charge on any atom is 0.279 e. The van der Waals surface area contributed by atoms with Gasteiger partial charge in [0.25, 0.3) is 10.2 Å². The van der Waals surface area contributed by atoms with Gasteiger partial charge in [-0.15, -0.1) is 0 Å². The third-order valence-corrected chi connectivity index (χ3v) is 4.63. The Labute approximate surface area is 104 Å². The van der Waals surface area contributed by atoms with E-state index in [2.05, 4.69) is 11.6 Å². The molecule has 2 N–H and O–H groups in total. The van der Waals surface area contributed by atoms with Crippen molar-refractivity contribution in [1.29, 1.82) is 0 Å². The van der Waals surface area contributed by atoms with E-state index in [-0.39, 0.29) is 6.54 Å². The minimum atomic E-state index is -3.41. The highest BCUT2D eigenvalue weighted by molar-refractivity contribution is 7.87. The number of nitrogens with zero attached hydrogens (tertiary/aromatic N) is 1. The molecule has 0 saturated carbocycles. The molecule has 0 radical (unpaired) electrons. The molecule has 0 aromatic heterocycles. The van der Waals surface area contributed by atoms with Crippen LogP contribution in [0.1, 0.15) is 39.5 Å². The molecule has 0 bridgehead atoms. The summed E-state index contributed by atoms with van der Waals surface area (Å²) in [5, 5.41) is 9.52. The molecule has 1 rings (SSSR count). The van der Waals surface area contributed by atoms with Gasteiger partial charge in [-0.1, -0.05) is 20.3 Å². The molecule has 1 saturated heterocycles. The number of piperidine rings is 1. The van der Waals surface area contributed by atoms with Crippen LogP contribution in [0.5, 0.6) is 0 Å². The van der Waals surface area contributed by atoms with Gasteiger partial charge in [0.2, 0.25) is 0 Å². The van der Waals surface area contributed by atoms with Gasteiger partial charge < -0.3 is 5.11 Å². The summed E-state index contributed by atoms with van der Waals surface area (Å²) < 4.78 is 27.9. The predicted molar refractivity (Wildman–Crippen MR) is 67.8 cm³/mol. The summed E-state index contributed by atoms with van der Waals surface area (Å²) in [6, 6.07) is 0. The van der Waals surface area contributed by atoms with Crippen LogP contribution in [0.15, 0.2) is 0 Å². The molecule has 0 aromatic rings. The Morgan fingerprint density at radius 1 is 1.53 bits per heavy atom. The van der Waals surface area contributed by atoms with E-state index < -0.39 is 16.3 Å².